The zero-order valence-electron chi connectivity index (χ0n) is 12.5. The second-order valence-electron chi connectivity index (χ2n) is 5.15. The van der Waals surface area contributed by atoms with Gasteiger partial charge in [-0.25, -0.2) is 4.98 Å². The van der Waals surface area contributed by atoms with Gasteiger partial charge in [0.1, 0.15) is 0 Å². The summed E-state index contributed by atoms with van der Waals surface area (Å²) in [6.45, 7) is 0. The summed E-state index contributed by atoms with van der Waals surface area (Å²) in [5.74, 6) is -0.00972. The number of carbonyl (C=O) groups is 1. The summed E-state index contributed by atoms with van der Waals surface area (Å²) >= 11 is 1.39. The number of nitrogen functional groups attached to an aromatic ring is 1. The van der Waals surface area contributed by atoms with Crippen molar-refractivity contribution >= 4 is 28.1 Å². The largest absolute Gasteiger partial charge is 0.375 e. The molecule has 0 aliphatic rings. The van der Waals surface area contributed by atoms with Gasteiger partial charge >= 0.3 is 0 Å². The highest BCUT2D eigenvalue weighted by Crippen LogP contribution is 2.29. The first-order valence-electron chi connectivity index (χ1n) is 7.36. The number of aryl methyl sites for hydroxylation is 1. The number of hydrogen-bond donors (Lipinski definition) is 2. The topological polar surface area (TPSA) is 68.0 Å². The Morgan fingerprint density at radius 3 is 2.57 bits per heavy atom. The molecule has 5 heteroatoms. The average molecular weight is 323 g/mol. The first kappa shape index (κ1) is 15.2. The van der Waals surface area contributed by atoms with Crippen molar-refractivity contribution in [2.45, 2.75) is 12.8 Å². The molecule has 1 aromatic heterocycles. The lowest BCUT2D eigenvalue weighted by Gasteiger charge is -2.09. The van der Waals surface area contributed by atoms with E-state index < -0.39 is 0 Å². The minimum Gasteiger partial charge on any atom is -0.375 e. The molecular weight excluding hydrogens is 306 g/mol. The van der Waals surface area contributed by atoms with E-state index in [0.717, 1.165) is 28.9 Å². The number of thiazole rings is 1. The van der Waals surface area contributed by atoms with Crippen LogP contribution >= 0.6 is 11.3 Å². The standard InChI is InChI=1S/C18H17N3OS/c19-18-21-16(12-23-18)14-8-4-5-9-15(14)20-17(22)11-10-13-6-2-1-3-7-13/h1-9,12H,10-11H2,(H2,19,21)(H,20,22). The van der Waals surface area contributed by atoms with Gasteiger partial charge < -0.3 is 11.1 Å². The van der Waals surface area contributed by atoms with E-state index in [9.17, 15) is 4.79 Å². The quantitative estimate of drug-likeness (QED) is 0.746. The lowest BCUT2D eigenvalue weighted by molar-refractivity contribution is -0.116. The van der Waals surface area contributed by atoms with Crippen molar-refractivity contribution in [2.24, 2.45) is 0 Å². The van der Waals surface area contributed by atoms with Crippen molar-refractivity contribution in [1.82, 2.24) is 4.98 Å². The summed E-state index contributed by atoms with van der Waals surface area (Å²) in [5.41, 5.74) is 9.28. The molecule has 0 spiro atoms. The number of nitrogens with zero attached hydrogens (tertiary/aromatic N) is 1. The van der Waals surface area contributed by atoms with Crippen molar-refractivity contribution in [3.8, 4) is 11.3 Å². The maximum absolute atomic E-state index is 12.2. The molecule has 0 fully saturated rings. The first-order valence-corrected chi connectivity index (χ1v) is 8.24. The number of aromatic nitrogens is 1. The van der Waals surface area contributed by atoms with Crippen LogP contribution in [0, 0.1) is 0 Å². The van der Waals surface area contributed by atoms with Crippen molar-refractivity contribution < 1.29 is 4.79 Å². The summed E-state index contributed by atoms with van der Waals surface area (Å²) in [6.07, 6.45) is 1.16. The van der Waals surface area contributed by atoms with Crippen LogP contribution in [0.4, 0.5) is 10.8 Å². The van der Waals surface area contributed by atoms with Gasteiger partial charge in [-0.05, 0) is 18.1 Å². The van der Waals surface area contributed by atoms with Gasteiger partial charge in [-0.1, -0.05) is 48.5 Å². The fraction of sp³-hybridized carbons (Fsp3) is 0.111. The number of amides is 1. The number of benzene rings is 2. The fourth-order valence-electron chi connectivity index (χ4n) is 2.34. The zero-order valence-corrected chi connectivity index (χ0v) is 13.3. The van der Waals surface area contributed by atoms with E-state index >= 15 is 0 Å². The third-order valence-corrected chi connectivity index (χ3v) is 4.16. The van der Waals surface area contributed by atoms with E-state index in [1.54, 1.807) is 0 Å². The highest BCUT2D eigenvalue weighted by molar-refractivity contribution is 7.13. The van der Waals surface area contributed by atoms with E-state index in [2.05, 4.69) is 10.3 Å². The molecule has 116 valence electrons. The molecule has 0 saturated heterocycles. The Balaban J connectivity index is 1.69. The highest BCUT2D eigenvalue weighted by atomic mass is 32.1. The Kier molecular flexibility index (Phi) is 4.68. The molecule has 0 bridgehead atoms. The van der Waals surface area contributed by atoms with Gasteiger partial charge in [0.2, 0.25) is 5.91 Å². The van der Waals surface area contributed by atoms with Crippen LogP contribution in [0.1, 0.15) is 12.0 Å². The number of rotatable bonds is 5. The Morgan fingerprint density at radius 1 is 1.09 bits per heavy atom. The van der Waals surface area contributed by atoms with Crippen LogP contribution in [0.5, 0.6) is 0 Å². The van der Waals surface area contributed by atoms with Gasteiger partial charge in [-0.2, -0.15) is 0 Å². The van der Waals surface area contributed by atoms with Gasteiger partial charge in [0.15, 0.2) is 5.13 Å². The predicted molar refractivity (Wildman–Crippen MR) is 95.4 cm³/mol. The van der Waals surface area contributed by atoms with Crippen LogP contribution in [0.3, 0.4) is 0 Å². The van der Waals surface area contributed by atoms with Gasteiger partial charge in [0.25, 0.3) is 0 Å². The minimum absolute atomic E-state index is 0.00972. The van der Waals surface area contributed by atoms with Gasteiger partial charge in [0, 0.05) is 17.4 Å². The van der Waals surface area contributed by atoms with E-state index in [0.29, 0.717) is 11.6 Å². The maximum Gasteiger partial charge on any atom is 0.224 e. The molecule has 0 saturated carbocycles. The predicted octanol–water partition coefficient (Wildman–Crippen LogP) is 3.96. The summed E-state index contributed by atoms with van der Waals surface area (Å²) in [6, 6.07) is 17.6. The number of para-hydroxylation sites is 1. The zero-order chi connectivity index (χ0) is 16.1. The molecule has 23 heavy (non-hydrogen) atoms. The number of carbonyl (C=O) groups excluding carboxylic acids is 1. The van der Waals surface area contributed by atoms with Crippen molar-refractivity contribution in [1.29, 1.82) is 0 Å². The third kappa shape index (κ3) is 3.96. The molecule has 1 amide bonds. The van der Waals surface area contributed by atoms with Gasteiger partial charge in [-0.3, -0.25) is 4.79 Å². The molecule has 0 radical (unpaired) electrons. The molecule has 0 atom stereocenters. The fourth-order valence-corrected chi connectivity index (χ4v) is 2.91. The summed E-state index contributed by atoms with van der Waals surface area (Å²) < 4.78 is 0. The Morgan fingerprint density at radius 2 is 1.83 bits per heavy atom. The van der Waals surface area contributed by atoms with Crippen molar-refractivity contribution in [3.05, 3.63) is 65.5 Å². The number of hydrogen-bond acceptors (Lipinski definition) is 4. The van der Waals surface area contributed by atoms with Crippen molar-refractivity contribution in [3.63, 3.8) is 0 Å². The second-order valence-corrected chi connectivity index (χ2v) is 6.04. The normalized spacial score (nSPS) is 10.4. The SMILES string of the molecule is Nc1nc(-c2ccccc2NC(=O)CCc2ccccc2)cs1. The van der Waals surface area contributed by atoms with E-state index in [-0.39, 0.29) is 5.91 Å². The molecule has 1 heterocycles. The molecule has 3 rings (SSSR count). The maximum atomic E-state index is 12.2. The molecule has 0 aliphatic carbocycles. The van der Waals surface area contributed by atoms with E-state index in [1.165, 1.54) is 11.3 Å². The van der Waals surface area contributed by atoms with Gasteiger partial charge in [-0.15, -0.1) is 11.3 Å². The average Bonchev–Trinajstić information content (AvgIpc) is 3.01. The summed E-state index contributed by atoms with van der Waals surface area (Å²) in [4.78, 5) is 16.5. The van der Waals surface area contributed by atoms with Crippen LogP contribution in [0.25, 0.3) is 11.3 Å². The second kappa shape index (κ2) is 7.07. The molecule has 3 aromatic rings. The van der Waals surface area contributed by atoms with Crippen LogP contribution < -0.4 is 11.1 Å². The highest BCUT2D eigenvalue weighted by Gasteiger charge is 2.10. The molecular formula is C18H17N3OS. The number of nitrogens with one attached hydrogen (secondary N) is 1. The summed E-state index contributed by atoms with van der Waals surface area (Å²) in [5, 5.41) is 5.39. The van der Waals surface area contributed by atoms with Gasteiger partial charge in [0.05, 0.1) is 11.4 Å². The molecule has 4 nitrogen and oxygen atoms in total. The number of anilines is 2. The lowest BCUT2D eigenvalue weighted by Crippen LogP contribution is -2.13. The van der Waals surface area contributed by atoms with Crippen LogP contribution in [0.15, 0.2) is 60.0 Å². The summed E-state index contributed by atoms with van der Waals surface area (Å²) in [7, 11) is 0. The van der Waals surface area contributed by atoms with E-state index in [4.69, 9.17) is 5.73 Å². The smallest absolute Gasteiger partial charge is 0.224 e. The van der Waals surface area contributed by atoms with Crippen LogP contribution in [0.2, 0.25) is 0 Å². The minimum atomic E-state index is -0.00972. The van der Waals surface area contributed by atoms with E-state index in [1.807, 2.05) is 60.0 Å². The molecule has 3 N–H and O–H groups in total. The first-order chi connectivity index (χ1) is 11.2. The molecule has 2 aromatic carbocycles. The monoisotopic (exact) mass is 323 g/mol. The molecule has 0 unspecified atom stereocenters. The Hall–Kier alpha value is -2.66. The van der Waals surface area contributed by atoms with Crippen LogP contribution in [-0.2, 0) is 11.2 Å². The Bertz CT molecular complexity index is 799. The lowest BCUT2D eigenvalue weighted by atomic mass is 10.1. The third-order valence-electron chi connectivity index (χ3n) is 3.48. The molecule has 0 aliphatic heterocycles. The van der Waals surface area contributed by atoms with Crippen LogP contribution in [-0.4, -0.2) is 10.9 Å². The Labute approximate surface area is 139 Å². The van der Waals surface area contributed by atoms with Crippen molar-refractivity contribution in [2.75, 3.05) is 11.1 Å². The number of nitrogens with two attached hydrogens (primary N) is 1.